The van der Waals surface area contributed by atoms with Crippen LogP contribution in [0, 0.1) is 11.6 Å². The molecule has 0 radical (unpaired) electrons. The number of rotatable bonds is 1. The van der Waals surface area contributed by atoms with Gasteiger partial charge in [-0.2, -0.15) is 0 Å². The number of pyridine rings is 1. The quantitative estimate of drug-likeness (QED) is 0.780. The highest BCUT2D eigenvalue weighted by atomic mass is 79.9. The van der Waals surface area contributed by atoms with Gasteiger partial charge in [0.25, 0.3) is 0 Å². The first kappa shape index (κ1) is 11.9. The number of hydrogen-bond donors (Lipinski definition) is 1. The molecule has 0 aliphatic heterocycles. The standard InChI is InChI=1S/C10H7Br2N3S/c1-5-7(12)10(16)15-9(14-5)8-6(11)3-2-4-13-8/h2-4H,1H3,(H,14,15,16). The van der Waals surface area contributed by atoms with E-state index in [1.165, 1.54) is 0 Å². The lowest BCUT2D eigenvalue weighted by molar-refractivity contribution is 1.06. The SMILES string of the molecule is Cc1[nH]c(-c2ncccc2Br)nc(=S)c1Br. The zero-order valence-electron chi connectivity index (χ0n) is 8.29. The summed E-state index contributed by atoms with van der Waals surface area (Å²) in [5.41, 5.74) is 1.69. The van der Waals surface area contributed by atoms with Gasteiger partial charge in [-0.1, -0.05) is 12.2 Å². The summed E-state index contributed by atoms with van der Waals surface area (Å²) >= 11 is 12.0. The van der Waals surface area contributed by atoms with Crippen LogP contribution in [0.5, 0.6) is 0 Å². The Kier molecular flexibility index (Phi) is 3.51. The molecule has 0 unspecified atom stereocenters. The topological polar surface area (TPSA) is 41.6 Å². The highest BCUT2D eigenvalue weighted by Crippen LogP contribution is 2.24. The summed E-state index contributed by atoms with van der Waals surface area (Å²) < 4.78 is 2.23. The van der Waals surface area contributed by atoms with Gasteiger partial charge in [-0.25, -0.2) is 4.98 Å². The molecule has 2 aromatic rings. The summed E-state index contributed by atoms with van der Waals surface area (Å²) in [4.78, 5) is 11.7. The lowest BCUT2D eigenvalue weighted by Crippen LogP contribution is -1.96. The second kappa shape index (κ2) is 4.73. The molecule has 2 rings (SSSR count). The van der Waals surface area contributed by atoms with Crippen molar-refractivity contribution >= 4 is 44.1 Å². The Morgan fingerprint density at radius 2 is 2.12 bits per heavy atom. The van der Waals surface area contributed by atoms with Crippen LogP contribution < -0.4 is 0 Å². The van der Waals surface area contributed by atoms with Crippen LogP contribution in [0.25, 0.3) is 11.5 Å². The number of aromatic nitrogens is 3. The molecule has 82 valence electrons. The first-order chi connectivity index (χ1) is 7.59. The second-order valence-electron chi connectivity index (χ2n) is 3.16. The molecule has 0 aliphatic rings. The van der Waals surface area contributed by atoms with Gasteiger partial charge in [0.1, 0.15) is 10.3 Å². The first-order valence-electron chi connectivity index (χ1n) is 4.47. The van der Waals surface area contributed by atoms with Crippen LogP contribution in [0.15, 0.2) is 27.3 Å². The fourth-order valence-corrected chi connectivity index (χ4v) is 2.12. The number of H-pyrrole nitrogens is 1. The largest absolute Gasteiger partial charge is 0.341 e. The molecule has 2 heterocycles. The van der Waals surface area contributed by atoms with E-state index in [0.717, 1.165) is 20.3 Å². The molecule has 0 aromatic carbocycles. The van der Waals surface area contributed by atoms with Crippen molar-refractivity contribution in [1.29, 1.82) is 0 Å². The molecule has 0 atom stereocenters. The highest BCUT2D eigenvalue weighted by Gasteiger charge is 2.08. The minimum Gasteiger partial charge on any atom is -0.341 e. The van der Waals surface area contributed by atoms with Crippen LogP contribution >= 0.6 is 44.1 Å². The van der Waals surface area contributed by atoms with Crippen molar-refractivity contribution in [3.05, 3.63) is 37.6 Å². The second-order valence-corrected chi connectivity index (χ2v) is 5.20. The predicted octanol–water partition coefficient (Wildman–Crippen LogP) is 4.03. The number of aromatic amines is 1. The third kappa shape index (κ3) is 2.23. The summed E-state index contributed by atoms with van der Waals surface area (Å²) in [5.74, 6) is 0.665. The Hall–Kier alpha value is -0.590. The van der Waals surface area contributed by atoms with Gasteiger partial charge in [0.15, 0.2) is 5.82 Å². The number of aryl methyl sites for hydroxylation is 1. The third-order valence-corrected chi connectivity index (χ3v) is 4.19. The molecule has 0 amide bonds. The van der Waals surface area contributed by atoms with E-state index >= 15 is 0 Å². The number of nitrogens with one attached hydrogen (secondary N) is 1. The van der Waals surface area contributed by atoms with Crippen molar-refractivity contribution in [2.24, 2.45) is 0 Å². The maximum absolute atomic E-state index is 5.15. The van der Waals surface area contributed by atoms with Crippen molar-refractivity contribution in [3.8, 4) is 11.5 Å². The number of halogens is 2. The Morgan fingerprint density at radius 1 is 1.38 bits per heavy atom. The maximum Gasteiger partial charge on any atom is 0.159 e. The zero-order chi connectivity index (χ0) is 11.7. The molecule has 16 heavy (non-hydrogen) atoms. The molecule has 2 aromatic heterocycles. The molecule has 0 saturated heterocycles. The van der Waals surface area contributed by atoms with E-state index in [1.54, 1.807) is 6.20 Å². The van der Waals surface area contributed by atoms with Gasteiger partial charge >= 0.3 is 0 Å². The Morgan fingerprint density at radius 3 is 2.75 bits per heavy atom. The Balaban J connectivity index is 2.67. The molecular weight excluding hydrogens is 354 g/mol. The van der Waals surface area contributed by atoms with Crippen LogP contribution in [0.2, 0.25) is 0 Å². The summed E-state index contributed by atoms with van der Waals surface area (Å²) in [6.07, 6.45) is 1.72. The zero-order valence-corrected chi connectivity index (χ0v) is 12.3. The molecule has 0 bridgehead atoms. The summed E-state index contributed by atoms with van der Waals surface area (Å²) in [5, 5.41) is 0. The molecule has 0 aliphatic carbocycles. The highest BCUT2D eigenvalue weighted by molar-refractivity contribution is 9.11. The van der Waals surface area contributed by atoms with Crippen molar-refractivity contribution in [2.75, 3.05) is 0 Å². The maximum atomic E-state index is 5.15. The molecule has 0 spiro atoms. The van der Waals surface area contributed by atoms with E-state index in [2.05, 4.69) is 46.8 Å². The van der Waals surface area contributed by atoms with Gasteiger partial charge in [-0.15, -0.1) is 0 Å². The van der Waals surface area contributed by atoms with Crippen molar-refractivity contribution in [2.45, 2.75) is 6.92 Å². The average molecular weight is 361 g/mol. The summed E-state index contributed by atoms with van der Waals surface area (Å²) in [6.45, 7) is 1.93. The lowest BCUT2D eigenvalue weighted by atomic mass is 10.3. The monoisotopic (exact) mass is 359 g/mol. The van der Waals surface area contributed by atoms with E-state index in [9.17, 15) is 0 Å². The fraction of sp³-hybridized carbons (Fsp3) is 0.100. The third-order valence-electron chi connectivity index (χ3n) is 2.02. The van der Waals surface area contributed by atoms with Gasteiger partial charge in [0.05, 0.1) is 4.47 Å². The van der Waals surface area contributed by atoms with Crippen LogP contribution in [0.3, 0.4) is 0 Å². The lowest BCUT2D eigenvalue weighted by Gasteiger charge is -2.05. The molecule has 0 saturated carbocycles. The van der Waals surface area contributed by atoms with Gasteiger partial charge in [0, 0.05) is 16.4 Å². The van der Waals surface area contributed by atoms with E-state index in [-0.39, 0.29) is 0 Å². The Labute approximate surface area is 115 Å². The summed E-state index contributed by atoms with van der Waals surface area (Å²) in [7, 11) is 0. The van der Waals surface area contributed by atoms with E-state index in [1.807, 2.05) is 19.1 Å². The van der Waals surface area contributed by atoms with Gasteiger partial charge in [-0.05, 0) is 50.9 Å². The van der Waals surface area contributed by atoms with E-state index < -0.39 is 0 Å². The molecule has 3 nitrogen and oxygen atoms in total. The molecule has 6 heteroatoms. The van der Waals surface area contributed by atoms with Crippen molar-refractivity contribution in [1.82, 2.24) is 15.0 Å². The van der Waals surface area contributed by atoms with E-state index in [4.69, 9.17) is 12.2 Å². The predicted molar refractivity (Wildman–Crippen MR) is 72.8 cm³/mol. The van der Waals surface area contributed by atoms with Crippen molar-refractivity contribution in [3.63, 3.8) is 0 Å². The minimum atomic E-state index is 0.531. The van der Waals surface area contributed by atoms with Crippen molar-refractivity contribution < 1.29 is 0 Å². The normalized spacial score (nSPS) is 10.4. The van der Waals surface area contributed by atoms with Gasteiger partial charge in [0.2, 0.25) is 0 Å². The molecule has 1 N–H and O–H groups in total. The van der Waals surface area contributed by atoms with Gasteiger partial charge < -0.3 is 4.98 Å². The van der Waals surface area contributed by atoms with E-state index in [0.29, 0.717) is 10.5 Å². The van der Waals surface area contributed by atoms with Crippen LogP contribution in [0.4, 0.5) is 0 Å². The fourth-order valence-electron chi connectivity index (χ4n) is 1.24. The minimum absolute atomic E-state index is 0.531. The average Bonchev–Trinajstić information content (AvgIpc) is 2.26. The summed E-state index contributed by atoms with van der Waals surface area (Å²) in [6, 6.07) is 3.77. The number of nitrogens with zero attached hydrogens (tertiary/aromatic N) is 2. The number of hydrogen-bond acceptors (Lipinski definition) is 3. The Bertz CT molecular complexity index is 595. The van der Waals surface area contributed by atoms with Gasteiger partial charge in [-0.3, -0.25) is 4.98 Å². The first-order valence-corrected chi connectivity index (χ1v) is 6.46. The molecular formula is C10H7Br2N3S. The van der Waals surface area contributed by atoms with Crippen LogP contribution in [0.1, 0.15) is 5.69 Å². The molecule has 0 fully saturated rings. The smallest absolute Gasteiger partial charge is 0.159 e. The van der Waals surface area contributed by atoms with Crippen LogP contribution in [-0.4, -0.2) is 15.0 Å². The van der Waals surface area contributed by atoms with Crippen LogP contribution in [-0.2, 0) is 0 Å².